The van der Waals surface area contributed by atoms with Crippen LogP contribution in [-0.4, -0.2) is 33.0 Å². The number of hydrogen-bond donors (Lipinski definition) is 1. The van der Waals surface area contributed by atoms with Crippen molar-refractivity contribution in [3.63, 3.8) is 0 Å². The second kappa shape index (κ2) is 11.0. The molecule has 0 aliphatic rings. The van der Waals surface area contributed by atoms with Crippen molar-refractivity contribution in [1.82, 2.24) is 14.8 Å². The van der Waals surface area contributed by atoms with Gasteiger partial charge in [-0.05, 0) is 55.2 Å². The van der Waals surface area contributed by atoms with Crippen LogP contribution in [0.4, 0.5) is 5.69 Å². The average molecular weight is 451 g/mol. The van der Waals surface area contributed by atoms with Crippen molar-refractivity contribution in [3.05, 3.63) is 66.2 Å². The zero-order valence-electron chi connectivity index (χ0n) is 19.1. The number of nitrogens with one attached hydrogen (secondary N) is 1. The lowest BCUT2D eigenvalue weighted by atomic mass is 10.1. The van der Waals surface area contributed by atoms with Crippen LogP contribution in [0.15, 0.2) is 60.3 Å². The Labute approximate surface area is 194 Å². The Kier molecular flexibility index (Phi) is 8.11. The molecule has 7 heteroatoms. The number of anilines is 1. The summed E-state index contributed by atoms with van der Waals surface area (Å²) >= 11 is 1.36. The van der Waals surface area contributed by atoms with E-state index < -0.39 is 0 Å². The van der Waals surface area contributed by atoms with E-state index in [9.17, 15) is 4.79 Å². The fourth-order valence-electron chi connectivity index (χ4n) is 3.18. The third-order valence-electron chi connectivity index (χ3n) is 4.80. The Hall–Kier alpha value is -3.06. The molecule has 0 aliphatic carbocycles. The highest BCUT2D eigenvalue weighted by atomic mass is 32.2. The molecule has 0 atom stereocenters. The van der Waals surface area contributed by atoms with Gasteiger partial charge in [-0.15, -0.1) is 16.8 Å². The minimum absolute atomic E-state index is 0.0752. The van der Waals surface area contributed by atoms with Crippen molar-refractivity contribution >= 4 is 23.4 Å². The van der Waals surface area contributed by atoms with Gasteiger partial charge in [-0.2, -0.15) is 0 Å². The minimum atomic E-state index is -0.0752. The lowest BCUT2D eigenvalue weighted by Gasteiger charge is -2.12. The van der Waals surface area contributed by atoms with Gasteiger partial charge in [0, 0.05) is 17.8 Å². The van der Waals surface area contributed by atoms with E-state index in [4.69, 9.17) is 4.74 Å². The number of nitrogens with zero attached hydrogens (tertiary/aromatic N) is 3. The van der Waals surface area contributed by atoms with Crippen LogP contribution >= 0.6 is 11.8 Å². The fraction of sp³-hybridized carbons (Fsp3) is 0.320. The van der Waals surface area contributed by atoms with Crippen LogP contribution in [-0.2, 0) is 11.3 Å². The molecule has 0 radical (unpaired) electrons. The lowest BCUT2D eigenvalue weighted by molar-refractivity contribution is -0.113. The molecule has 1 amide bonds. The number of carbonyl (C=O) groups is 1. The summed E-state index contributed by atoms with van der Waals surface area (Å²) in [6, 6.07) is 13.8. The summed E-state index contributed by atoms with van der Waals surface area (Å²) < 4.78 is 7.73. The summed E-state index contributed by atoms with van der Waals surface area (Å²) in [5.74, 6) is 2.20. The van der Waals surface area contributed by atoms with Gasteiger partial charge in [-0.3, -0.25) is 9.36 Å². The van der Waals surface area contributed by atoms with Crippen LogP contribution < -0.4 is 10.1 Å². The molecule has 0 unspecified atom stereocenters. The summed E-state index contributed by atoms with van der Waals surface area (Å²) in [6.07, 6.45) is 1.80. The summed E-state index contributed by atoms with van der Waals surface area (Å²) in [4.78, 5) is 12.6. The number of benzene rings is 2. The summed E-state index contributed by atoms with van der Waals surface area (Å²) in [7, 11) is 0. The number of hydrogen-bond acceptors (Lipinski definition) is 5. The molecule has 168 valence electrons. The highest BCUT2D eigenvalue weighted by molar-refractivity contribution is 7.99. The van der Waals surface area contributed by atoms with Crippen LogP contribution in [0.1, 0.15) is 25.0 Å². The topological polar surface area (TPSA) is 69.0 Å². The molecule has 0 bridgehead atoms. The standard InChI is InChI=1S/C25H30N4O2S/c1-6-14-29-24(20-10-12-21(13-11-20)31-15-17(2)3)27-28-25(29)32-16-22(30)26-23-18(4)8-7-9-19(23)5/h6-13,17H,1,14-16H2,2-5H3,(H,26,30). The van der Waals surface area contributed by atoms with Crippen LogP contribution in [0.3, 0.4) is 0 Å². The Morgan fingerprint density at radius 1 is 1.16 bits per heavy atom. The number of para-hydroxylation sites is 1. The Bertz CT molecular complexity index is 1050. The van der Waals surface area contributed by atoms with E-state index in [0.717, 1.165) is 34.0 Å². The summed E-state index contributed by atoms with van der Waals surface area (Å²) in [5, 5.41) is 12.4. The number of rotatable bonds is 10. The first kappa shape index (κ1) is 23.6. The Morgan fingerprint density at radius 2 is 1.84 bits per heavy atom. The largest absolute Gasteiger partial charge is 0.493 e. The number of thioether (sulfide) groups is 1. The fourth-order valence-corrected chi connectivity index (χ4v) is 3.93. The number of aryl methyl sites for hydroxylation is 2. The van der Waals surface area contributed by atoms with E-state index in [1.165, 1.54) is 11.8 Å². The van der Waals surface area contributed by atoms with E-state index in [-0.39, 0.29) is 11.7 Å². The lowest BCUT2D eigenvalue weighted by Crippen LogP contribution is -2.16. The highest BCUT2D eigenvalue weighted by Gasteiger charge is 2.16. The van der Waals surface area contributed by atoms with Gasteiger partial charge < -0.3 is 10.1 Å². The van der Waals surface area contributed by atoms with Crippen LogP contribution in [0.5, 0.6) is 5.75 Å². The van der Waals surface area contributed by atoms with Crippen molar-refractivity contribution in [2.45, 2.75) is 39.4 Å². The quantitative estimate of drug-likeness (QED) is 0.326. The predicted octanol–water partition coefficient (Wildman–Crippen LogP) is 5.51. The zero-order valence-corrected chi connectivity index (χ0v) is 19.9. The summed E-state index contributed by atoms with van der Waals surface area (Å²) in [5.41, 5.74) is 3.89. The maximum Gasteiger partial charge on any atom is 0.234 e. The molecule has 2 aromatic carbocycles. The molecule has 0 saturated heterocycles. The molecular formula is C25H30N4O2S. The van der Waals surface area contributed by atoms with E-state index in [1.54, 1.807) is 6.08 Å². The molecule has 0 fully saturated rings. The number of amides is 1. The van der Waals surface area contributed by atoms with Crippen molar-refractivity contribution in [2.24, 2.45) is 5.92 Å². The molecule has 1 N–H and O–H groups in total. The number of carbonyl (C=O) groups excluding carboxylic acids is 1. The molecule has 0 saturated carbocycles. The molecule has 1 aromatic heterocycles. The molecular weight excluding hydrogens is 420 g/mol. The second-order valence-electron chi connectivity index (χ2n) is 8.04. The normalized spacial score (nSPS) is 10.9. The first-order chi connectivity index (χ1) is 15.4. The van der Waals surface area contributed by atoms with Gasteiger partial charge in [0.05, 0.1) is 12.4 Å². The summed E-state index contributed by atoms with van der Waals surface area (Å²) in [6.45, 7) is 13.3. The number of aromatic nitrogens is 3. The number of allylic oxidation sites excluding steroid dienone is 1. The van der Waals surface area contributed by atoms with Gasteiger partial charge in [-0.25, -0.2) is 0 Å². The van der Waals surface area contributed by atoms with Crippen molar-refractivity contribution < 1.29 is 9.53 Å². The molecule has 6 nitrogen and oxygen atoms in total. The van der Waals surface area contributed by atoms with Crippen LogP contribution in [0.2, 0.25) is 0 Å². The van der Waals surface area contributed by atoms with E-state index in [1.807, 2.05) is 60.9 Å². The average Bonchev–Trinajstić information content (AvgIpc) is 3.16. The Morgan fingerprint density at radius 3 is 2.47 bits per heavy atom. The third-order valence-corrected chi connectivity index (χ3v) is 5.77. The maximum absolute atomic E-state index is 12.6. The van der Waals surface area contributed by atoms with Gasteiger partial charge in [0.1, 0.15) is 5.75 Å². The SMILES string of the molecule is C=CCn1c(SCC(=O)Nc2c(C)cccc2C)nnc1-c1ccc(OCC(C)C)cc1. The third kappa shape index (κ3) is 6.01. The first-order valence-electron chi connectivity index (χ1n) is 10.6. The Balaban J connectivity index is 1.70. The molecule has 3 aromatic rings. The highest BCUT2D eigenvalue weighted by Crippen LogP contribution is 2.26. The molecule has 1 heterocycles. The first-order valence-corrected chi connectivity index (χ1v) is 11.6. The van der Waals surface area contributed by atoms with E-state index in [0.29, 0.717) is 24.2 Å². The van der Waals surface area contributed by atoms with E-state index in [2.05, 4.69) is 35.9 Å². The van der Waals surface area contributed by atoms with Gasteiger partial charge in [-0.1, -0.05) is 49.9 Å². The van der Waals surface area contributed by atoms with Gasteiger partial charge in [0.25, 0.3) is 0 Å². The van der Waals surface area contributed by atoms with Gasteiger partial charge in [0.2, 0.25) is 5.91 Å². The van der Waals surface area contributed by atoms with Gasteiger partial charge in [0.15, 0.2) is 11.0 Å². The molecule has 0 spiro atoms. The molecule has 32 heavy (non-hydrogen) atoms. The van der Waals surface area contributed by atoms with Crippen molar-refractivity contribution in [2.75, 3.05) is 17.7 Å². The second-order valence-corrected chi connectivity index (χ2v) is 8.98. The minimum Gasteiger partial charge on any atom is -0.493 e. The molecule has 0 aliphatic heterocycles. The van der Waals surface area contributed by atoms with Crippen LogP contribution in [0.25, 0.3) is 11.4 Å². The predicted molar refractivity (Wildman–Crippen MR) is 131 cm³/mol. The van der Waals surface area contributed by atoms with Crippen molar-refractivity contribution in [1.29, 1.82) is 0 Å². The zero-order chi connectivity index (χ0) is 23.1. The number of ether oxygens (including phenoxy) is 1. The van der Waals surface area contributed by atoms with Crippen LogP contribution in [0, 0.1) is 19.8 Å². The molecule has 3 rings (SSSR count). The van der Waals surface area contributed by atoms with E-state index >= 15 is 0 Å². The monoisotopic (exact) mass is 450 g/mol. The maximum atomic E-state index is 12.6. The smallest absolute Gasteiger partial charge is 0.234 e. The van der Waals surface area contributed by atoms with Crippen molar-refractivity contribution in [3.8, 4) is 17.1 Å². The van der Waals surface area contributed by atoms with Gasteiger partial charge >= 0.3 is 0 Å².